The van der Waals surface area contributed by atoms with Gasteiger partial charge in [-0.1, -0.05) is 25.1 Å². The highest BCUT2D eigenvalue weighted by Crippen LogP contribution is 2.20. The van der Waals surface area contributed by atoms with Gasteiger partial charge < -0.3 is 20.7 Å². The molecule has 0 aliphatic rings. The van der Waals surface area contributed by atoms with Crippen molar-refractivity contribution in [3.8, 4) is 5.75 Å². The summed E-state index contributed by atoms with van der Waals surface area (Å²) >= 11 is 0. The fourth-order valence-electron chi connectivity index (χ4n) is 2.60. The second-order valence-electron chi connectivity index (χ2n) is 6.83. The van der Waals surface area contributed by atoms with Gasteiger partial charge in [0.2, 0.25) is 5.91 Å². The Morgan fingerprint density at radius 3 is 2.57 bits per heavy atom. The summed E-state index contributed by atoms with van der Waals surface area (Å²) in [5, 5.41) is 9.21. The first kappa shape index (κ1) is 25.7. The van der Waals surface area contributed by atoms with E-state index in [4.69, 9.17) is 4.74 Å². The standard InChI is InChI=1S/C22H31N5O2.HI/c1-5-12-29-19-13-16(2)6-8-18(19)15-26-22(23-4)24-11-10-21(28)27-20-9-7-17(3)14-25-20;/h6-9,13-14H,5,10-12,15H2,1-4H3,(H2,23,24,26)(H,25,27,28);1H. The van der Waals surface area contributed by atoms with Gasteiger partial charge in [-0.05, 0) is 43.5 Å². The number of rotatable bonds is 9. The van der Waals surface area contributed by atoms with Gasteiger partial charge in [0.1, 0.15) is 11.6 Å². The molecule has 2 rings (SSSR count). The number of nitrogens with zero attached hydrogens (tertiary/aromatic N) is 2. The quantitative estimate of drug-likeness (QED) is 0.264. The molecule has 1 heterocycles. The molecule has 1 aromatic carbocycles. The van der Waals surface area contributed by atoms with E-state index in [2.05, 4.69) is 45.0 Å². The average molecular weight is 525 g/mol. The first-order chi connectivity index (χ1) is 14.0. The van der Waals surface area contributed by atoms with Crippen molar-refractivity contribution in [3.63, 3.8) is 0 Å². The number of hydrogen-bond donors (Lipinski definition) is 3. The molecule has 0 bridgehead atoms. The van der Waals surface area contributed by atoms with Gasteiger partial charge in [-0.3, -0.25) is 9.79 Å². The van der Waals surface area contributed by atoms with Crippen LogP contribution in [0.2, 0.25) is 0 Å². The zero-order valence-corrected chi connectivity index (χ0v) is 20.4. The van der Waals surface area contributed by atoms with Gasteiger partial charge in [0.15, 0.2) is 5.96 Å². The lowest BCUT2D eigenvalue weighted by Gasteiger charge is -2.15. The number of guanidine groups is 1. The topological polar surface area (TPSA) is 87.6 Å². The summed E-state index contributed by atoms with van der Waals surface area (Å²) in [7, 11) is 1.70. The molecule has 0 radical (unpaired) electrons. The van der Waals surface area contributed by atoms with Crippen molar-refractivity contribution in [1.82, 2.24) is 15.6 Å². The summed E-state index contributed by atoms with van der Waals surface area (Å²) in [6, 6.07) is 9.88. The van der Waals surface area contributed by atoms with E-state index in [0.717, 1.165) is 28.9 Å². The van der Waals surface area contributed by atoms with E-state index in [0.29, 0.717) is 37.9 Å². The van der Waals surface area contributed by atoms with Gasteiger partial charge in [0.25, 0.3) is 0 Å². The summed E-state index contributed by atoms with van der Waals surface area (Å²) in [5.41, 5.74) is 3.28. The molecule has 30 heavy (non-hydrogen) atoms. The summed E-state index contributed by atoms with van der Waals surface area (Å²) in [6.45, 7) is 7.83. The number of benzene rings is 1. The lowest BCUT2D eigenvalue weighted by molar-refractivity contribution is -0.116. The van der Waals surface area contributed by atoms with Crippen molar-refractivity contribution < 1.29 is 9.53 Å². The minimum Gasteiger partial charge on any atom is -0.493 e. The number of anilines is 1. The Bertz CT molecular complexity index is 825. The van der Waals surface area contributed by atoms with Crippen LogP contribution < -0.4 is 20.7 Å². The maximum atomic E-state index is 12.1. The lowest BCUT2D eigenvalue weighted by Crippen LogP contribution is -2.38. The smallest absolute Gasteiger partial charge is 0.227 e. The monoisotopic (exact) mass is 525 g/mol. The molecule has 0 spiro atoms. The Hall–Kier alpha value is -2.36. The molecule has 0 atom stereocenters. The number of carbonyl (C=O) groups is 1. The van der Waals surface area contributed by atoms with Gasteiger partial charge in [-0.25, -0.2) is 4.98 Å². The number of aromatic nitrogens is 1. The van der Waals surface area contributed by atoms with Crippen LogP contribution in [0.3, 0.4) is 0 Å². The van der Waals surface area contributed by atoms with E-state index in [-0.39, 0.29) is 29.9 Å². The molecule has 0 unspecified atom stereocenters. The van der Waals surface area contributed by atoms with Crippen LogP contribution >= 0.6 is 24.0 Å². The number of pyridine rings is 1. The molecule has 0 fully saturated rings. The van der Waals surface area contributed by atoms with Crippen LogP contribution in [-0.4, -0.2) is 37.1 Å². The van der Waals surface area contributed by atoms with Crippen LogP contribution in [0.25, 0.3) is 0 Å². The van der Waals surface area contributed by atoms with E-state index >= 15 is 0 Å². The Labute approximate surface area is 196 Å². The third-order valence-corrected chi connectivity index (χ3v) is 4.18. The van der Waals surface area contributed by atoms with Crippen molar-refractivity contribution in [2.24, 2.45) is 4.99 Å². The number of amides is 1. The van der Waals surface area contributed by atoms with Gasteiger partial charge in [0.05, 0.1) is 6.61 Å². The van der Waals surface area contributed by atoms with E-state index in [1.807, 2.05) is 26.0 Å². The van der Waals surface area contributed by atoms with Crippen molar-refractivity contribution in [1.29, 1.82) is 0 Å². The number of nitrogens with one attached hydrogen (secondary N) is 3. The predicted molar refractivity (Wildman–Crippen MR) is 133 cm³/mol. The number of hydrogen-bond acceptors (Lipinski definition) is 4. The van der Waals surface area contributed by atoms with E-state index in [1.54, 1.807) is 19.3 Å². The Morgan fingerprint density at radius 2 is 1.90 bits per heavy atom. The first-order valence-corrected chi connectivity index (χ1v) is 9.91. The van der Waals surface area contributed by atoms with Gasteiger partial charge in [-0.15, -0.1) is 24.0 Å². The maximum absolute atomic E-state index is 12.1. The van der Waals surface area contributed by atoms with Crippen molar-refractivity contribution in [2.75, 3.05) is 25.5 Å². The molecule has 3 N–H and O–H groups in total. The van der Waals surface area contributed by atoms with Gasteiger partial charge >= 0.3 is 0 Å². The molecular formula is C22H32IN5O2. The fourth-order valence-corrected chi connectivity index (χ4v) is 2.60. The molecule has 2 aromatic rings. The highest BCUT2D eigenvalue weighted by Gasteiger charge is 2.07. The summed E-state index contributed by atoms with van der Waals surface area (Å²) < 4.78 is 5.85. The molecule has 0 saturated heterocycles. The zero-order chi connectivity index (χ0) is 21.1. The highest BCUT2D eigenvalue weighted by atomic mass is 127. The molecule has 1 aromatic heterocycles. The van der Waals surface area contributed by atoms with Gasteiger partial charge in [-0.2, -0.15) is 0 Å². The number of ether oxygens (including phenoxy) is 1. The normalized spacial score (nSPS) is 10.7. The van der Waals surface area contributed by atoms with Crippen LogP contribution in [0.15, 0.2) is 41.5 Å². The summed E-state index contributed by atoms with van der Waals surface area (Å²) in [6.07, 6.45) is 3.00. The Morgan fingerprint density at radius 1 is 1.13 bits per heavy atom. The average Bonchev–Trinajstić information content (AvgIpc) is 2.71. The number of halogens is 1. The molecule has 0 saturated carbocycles. The predicted octanol–water partition coefficient (Wildman–Crippen LogP) is 3.80. The molecule has 0 aliphatic carbocycles. The van der Waals surface area contributed by atoms with Crippen LogP contribution in [0.1, 0.15) is 36.5 Å². The fraction of sp³-hybridized carbons (Fsp3) is 0.409. The van der Waals surface area contributed by atoms with Crippen molar-refractivity contribution in [3.05, 3.63) is 53.2 Å². The zero-order valence-electron chi connectivity index (χ0n) is 18.1. The lowest BCUT2D eigenvalue weighted by atomic mass is 10.1. The molecular weight excluding hydrogens is 493 g/mol. The van der Waals surface area contributed by atoms with Crippen molar-refractivity contribution in [2.45, 2.75) is 40.2 Å². The Kier molecular flexibility index (Phi) is 11.8. The number of aryl methyl sites for hydroxylation is 2. The summed E-state index contributed by atoms with van der Waals surface area (Å²) in [4.78, 5) is 20.4. The largest absolute Gasteiger partial charge is 0.493 e. The maximum Gasteiger partial charge on any atom is 0.227 e. The minimum atomic E-state index is -0.0990. The SMILES string of the molecule is CCCOc1cc(C)ccc1CNC(=NC)NCCC(=O)Nc1ccc(C)cn1.I. The number of carbonyl (C=O) groups excluding carboxylic acids is 1. The molecule has 0 aliphatic heterocycles. The van der Waals surface area contributed by atoms with E-state index in [1.165, 1.54) is 0 Å². The third kappa shape index (κ3) is 8.98. The highest BCUT2D eigenvalue weighted by molar-refractivity contribution is 14.0. The third-order valence-electron chi connectivity index (χ3n) is 4.18. The van der Waals surface area contributed by atoms with Crippen LogP contribution in [0.4, 0.5) is 5.82 Å². The van der Waals surface area contributed by atoms with Crippen molar-refractivity contribution >= 4 is 41.7 Å². The summed E-state index contributed by atoms with van der Waals surface area (Å²) in [5.74, 6) is 1.98. The van der Waals surface area contributed by atoms with Gasteiger partial charge in [0, 0.05) is 38.3 Å². The van der Waals surface area contributed by atoms with Crippen LogP contribution in [0.5, 0.6) is 5.75 Å². The molecule has 8 heteroatoms. The number of aliphatic imine (C=N–C) groups is 1. The first-order valence-electron chi connectivity index (χ1n) is 9.91. The van der Waals surface area contributed by atoms with E-state index < -0.39 is 0 Å². The minimum absolute atomic E-state index is 0. The second kappa shape index (κ2) is 13.8. The molecule has 7 nitrogen and oxygen atoms in total. The second-order valence-corrected chi connectivity index (χ2v) is 6.83. The van der Waals surface area contributed by atoms with E-state index in [9.17, 15) is 4.79 Å². The Balaban J connectivity index is 0.00000450. The van der Waals surface area contributed by atoms with Crippen LogP contribution in [0, 0.1) is 13.8 Å². The molecule has 1 amide bonds. The molecule has 164 valence electrons. The van der Waals surface area contributed by atoms with Crippen LogP contribution in [-0.2, 0) is 11.3 Å².